The first-order chi connectivity index (χ1) is 9.27. The SMILES string of the molecule is Cc1cc(F)c(NC2CCCC(S(C)(=O)=O)C2)cc1F. The standard InChI is InChI=1S/C14H19F2NO2S/c1-9-6-13(16)14(8-12(9)15)17-10-4-3-5-11(7-10)20(2,18)19/h6,8,10-11,17H,3-5,7H2,1-2H3. The number of halogens is 2. The van der Waals surface area contributed by atoms with Crippen molar-refractivity contribution >= 4 is 15.5 Å². The van der Waals surface area contributed by atoms with E-state index in [-0.39, 0.29) is 17.3 Å². The van der Waals surface area contributed by atoms with Gasteiger partial charge in [-0.1, -0.05) is 6.42 Å². The second kappa shape index (κ2) is 5.68. The molecule has 2 unspecified atom stereocenters. The van der Waals surface area contributed by atoms with E-state index in [1.165, 1.54) is 13.2 Å². The summed E-state index contributed by atoms with van der Waals surface area (Å²) in [5, 5.41) is 2.54. The minimum atomic E-state index is -3.08. The average Bonchev–Trinajstić information content (AvgIpc) is 2.35. The summed E-state index contributed by atoms with van der Waals surface area (Å²) in [7, 11) is -3.08. The van der Waals surface area contributed by atoms with Gasteiger partial charge in [-0.15, -0.1) is 0 Å². The van der Waals surface area contributed by atoms with Crippen LogP contribution in [0.4, 0.5) is 14.5 Å². The van der Waals surface area contributed by atoms with Crippen LogP contribution in [0.3, 0.4) is 0 Å². The Morgan fingerprint density at radius 2 is 1.90 bits per heavy atom. The van der Waals surface area contributed by atoms with E-state index in [9.17, 15) is 17.2 Å². The Morgan fingerprint density at radius 1 is 1.20 bits per heavy atom. The zero-order chi connectivity index (χ0) is 14.9. The lowest BCUT2D eigenvalue weighted by Crippen LogP contribution is -2.34. The molecule has 1 aromatic rings. The van der Waals surface area contributed by atoms with Gasteiger partial charge in [-0.05, 0) is 37.8 Å². The van der Waals surface area contributed by atoms with Crippen LogP contribution in [0, 0.1) is 18.6 Å². The Hall–Kier alpha value is -1.17. The molecule has 1 aliphatic carbocycles. The van der Waals surface area contributed by atoms with Gasteiger partial charge in [-0.2, -0.15) is 0 Å². The molecule has 1 aromatic carbocycles. The first-order valence-electron chi connectivity index (χ1n) is 6.68. The first kappa shape index (κ1) is 15.2. The van der Waals surface area contributed by atoms with Gasteiger partial charge in [-0.3, -0.25) is 0 Å². The highest BCUT2D eigenvalue weighted by molar-refractivity contribution is 7.91. The van der Waals surface area contributed by atoms with E-state index >= 15 is 0 Å². The third-order valence-electron chi connectivity index (χ3n) is 3.84. The third-order valence-corrected chi connectivity index (χ3v) is 5.48. The van der Waals surface area contributed by atoms with Crippen LogP contribution >= 0.6 is 0 Å². The van der Waals surface area contributed by atoms with Crippen LogP contribution in [-0.4, -0.2) is 26.0 Å². The van der Waals surface area contributed by atoms with Crippen LogP contribution in [-0.2, 0) is 9.84 Å². The van der Waals surface area contributed by atoms with Crippen molar-refractivity contribution in [2.45, 2.75) is 43.9 Å². The van der Waals surface area contributed by atoms with E-state index < -0.39 is 26.7 Å². The van der Waals surface area contributed by atoms with Gasteiger partial charge in [0.15, 0.2) is 0 Å². The number of nitrogens with one attached hydrogen (secondary N) is 1. The van der Waals surface area contributed by atoms with Crippen LogP contribution in [0.5, 0.6) is 0 Å². The molecule has 0 aliphatic heterocycles. The minimum absolute atomic E-state index is 0.104. The molecule has 0 heterocycles. The Morgan fingerprint density at radius 3 is 2.55 bits per heavy atom. The summed E-state index contributed by atoms with van der Waals surface area (Å²) < 4.78 is 50.4. The molecule has 6 heteroatoms. The largest absolute Gasteiger partial charge is 0.380 e. The van der Waals surface area contributed by atoms with E-state index in [0.29, 0.717) is 12.8 Å². The van der Waals surface area contributed by atoms with Gasteiger partial charge in [0.05, 0.1) is 10.9 Å². The number of benzene rings is 1. The fourth-order valence-electron chi connectivity index (χ4n) is 2.64. The molecule has 1 aliphatic rings. The maximum absolute atomic E-state index is 13.8. The summed E-state index contributed by atoms with van der Waals surface area (Å²) in [5.41, 5.74) is 0.359. The summed E-state index contributed by atoms with van der Waals surface area (Å²) in [6.45, 7) is 1.50. The van der Waals surface area contributed by atoms with Gasteiger partial charge in [0.25, 0.3) is 0 Å². The van der Waals surface area contributed by atoms with E-state index in [2.05, 4.69) is 5.32 Å². The van der Waals surface area contributed by atoms with E-state index in [1.807, 2.05) is 0 Å². The van der Waals surface area contributed by atoms with Crippen LogP contribution in [0.25, 0.3) is 0 Å². The Balaban J connectivity index is 2.12. The fraction of sp³-hybridized carbons (Fsp3) is 0.571. The molecule has 0 radical (unpaired) electrons. The number of hydrogen-bond acceptors (Lipinski definition) is 3. The van der Waals surface area contributed by atoms with Crippen molar-refractivity contribution in [1.82, 2.24) is 0 Å². The topological polar surface area (TPSA) is 46.2 Å². The zero-order valence-electron chi connectivity index (χ0n) is 11.6. The molecule has 2 rings (SSSR count). The van der Waals surface area contributed by atoms with Gasteiger partial charge in [0, 0.05) is 18.4 Å². The van der Waals surface area contributed by atoms with E-state index in [4.69, 9.17) is 0 Å². The lowest BCUT2D eigenvalue weighted by atomic mass is 9.94. The number of hydrogen-bond donors (Lipinski definition) is 1. The summed E-state index contributed by atoms with van der Waals surface area (Å²) in [5.74, 6) is -0.977. The molecule has 0 amide bonds. The summed E-state index contributed by atoms with van der Waals surface area (Å²) in [4.78, 5) is 0. The van der Waals surface area contributed by atoms with Crippen molar-refractivity contribution in [2.24, 2.45) is 0 Å². The monoisotopic (exact) mass is 303 g/mol. The molecule has 2 atom stereocenters. The molecule has 0 spiro atoms. The van der Waals surface area contributed by atoms with Crippen molar-refractivity contribution in [2.75, 3.05) is 11.6 Å². The molecule has 1 fully saturated rings. The molecular formula is C14H19F2NO2S. The van der Waals surface area contributed by atoms with Gasteiger partial charge in [0.2, 0.25) is 0 Å². The maximum Gasteiger partial charge on any atom is 0.150 e. The molecule has 0 aromatic heterocycles. The maximum atomic E-state index is 13.8. The minimum Gasteiger partial charge on any atom is -0.380 e. The molecular weight excluding hydrogens is 284 g/mol. The highest BCUT2D eigenvalue weighted by Crippen LogP contribution is 2.28. The Labute approximate surface area is 118 Å². The quantitative estimate of drug-likeness (QED) is 0.933. The van der Waals surface area contributed by atoms with Crippen LogP contribution in [0.15, 0.2) is 12.1 Å². The zero-order valence-corrected chi connectivity index (χ0v) is 12.4. The first-order valence-corrected chi connectivity index (χ1v) is 8.64. The van der Waals surface area contributed by atoms with Gasteiger partial charge < -0.3 is 5.32 Å². The summed E-state index contributed by atoms with van der Waals surface area (Å²) in [6, 6.07) is 2.14. The molecule has 0 saturated heterocycles. The van der Waals surface area contributed by atoms with Crippen LogP contribution in [0.2, 0.25) is 0 Å². The summed E-state index contributed by atoms with van der Waals surface area (Å²) >= 11 is 0. The van der Waals surface area contributed by atoms with Gasteiger partial charge in [-0.25, -0.2) is 17.2 Å². The third kappa shape index (κ3) is 3.48. The van der Waals surface area contributed by atoms with Crippen molar-refractivity contribution < 1.29 is 17.2 Å². The molecule has 1 N–H and O–H groups in total. The Bertz CT molecular complexity index is 601. The van der Waals surface area contributed by atoms with E-state index in [0.717, 1.165) is 25.0 Å². The molecule has 0 bridgehead atoms. The van der Waals surface area contributed by atoms with Crippen molar-refractivity contribution in [3.8, 4) is 0 Å². The number of anilines is 1. The number of sulfone groups is 1. The molecule has 1 saturated carbocycles. The normalized spacial score (nSPS) is 23.6. The predicted molar refractivity (Wildman–Crippen MR) is 75.6 cm³/mol. The average molecular weight is 303 g/mol. The van der Waals surface area contributed by atoms with Crippen molar-refractivity contribution in [1.29, 1.82) is 0 Å². The van der Waals surface area contributed by atoms with Crippen LogP contribution in [0.1, 0.15) is 31.2 Å². The van der Waals surface area contributed by atoms with Gasteiger partial charge in [0.1, 0.15) is 21.5 Å². The van der Waals surface area contributed by atoms with Gasteiger partial charge >= 0.3 is 0 Å². The number of rotatable bonds is 3. The highest BCUT2D eigenvalue weighted by Gasteiger charge is 2.29. The van der Waals surface area contributed by atoms with E-state index in [1.54, 1.807) is 0 Å². The second-order valence-corrected chi connectivity index (χ2v) is 7.87. The Kier molecular flexibility index (Phi) is 4.32. The lowest BCUT2D eigenvalue weighted by molar-refractivity contribution is 0.451. The highest BCUT2D eigenvalue weighted by atomic mass is 32.2. The van der Waals surface area contributed by atoms with Crippen LogP contribution < -0.4 is 5.32 Å². The second-order valence-electron chi connectivity index (χ2n) is 5.54. The summed E-state index contributed by atoms with van der Waals surface area (Å²) in [6.07, 6.45) is 3.84. The molecule has 20 heavy (non-hydrogen) atoms. The number of aryl methyl sites for hydroxylation is 1. The smallest absolute Gasteiger partial charge is 0.150 e. The van der Waals surface area contributed by atoms with Crippen molar-refractivity contribution in [3.05, 3.63) is 29.3 Å². The molecule has 112 valence electrons. The predicted octanol–water partition coefficient (Wildman–Crippen LogP) is 3.04. The van der Waals surface area contributed by atoms with Crippen molar-refractivity contribution in [3.63, 3.8) is 0 Å². The fourth-order valence-corrected chi connectivity index (χ4v) is 3.82. The lowest BCUT2D eigenvalue weighted by Gasteiger charge is -2.29. The molecule has 3 nitrogen and oxygen atoms in total.